The fourth-order valence-electron chi connectivity index (χ4n) is 3.42. The number of rotatable bonds is 4. The number of sulfone groups is 1. The third-order valence-electron chi connectivity index (χ3n) is 4.71. The maximum absolute atomic E-state index is 13.4. The molecule has 0 bridgehead atoms. The van der Waals surface area contributed by atoms with Crippen molar-refractivity contribution in [2.24, 2.45) is 0 Å². The number of para-hydroxylation sites is 2. The van der Waals surface area contributed by atoms with Crippen LogP contribution in [0, 0.1) is 6.92 Å². The summed E-state index contributed by atoms with van der Waals surface area (Å²) in [6.07, 6.45) is -3.43. The number of aromatic nitrogens is 2. The van der Waals surface area contributed by atoms with E-state index >= 15 is 0 Å². The van der Waals surface area contributed by atoms with Crippen LogP contribution in [0.1, 0.15) is 11.4 Å². The lowest BCUT2D eigenvalue weighted by molar-refractivity contribution is -0.136. The van der Waals surface area contributed by atoms with E-state index in [2.05, 4.69) is 4.98 Å². The highest BCUT2D eigenvalue weighted by atomic mass is 32.2. The minimum absolute atomic E-state index is 0.0412. The molecule has 4 aromatic rings. The van der Waals surface area contributed by atoms with Crippen molar-refractivity contribution in [3.8, 4) is 17.2 Å². The summed E-state index contributed by atoms with van der Waals surface area (Å²) in [5, 5.41) is 0. The van der Waals surface area contributed by atoms with Gasteiger partial charge in [-0.1, -0.05) is 24.3 Å². The Morgan fingerprint density at radius 2 is 1.68 bits per heavy atom. The Hall–Kier alpha value is -3.33. The van der Waals surface area contributed by atoms with Gasteiger partial charge in [-0.25, -0.2) is 13.4 Å². The number of imidazole rings is 1. The van der Waals surface area contributed by atoms with E-state index in [0.29, 0.717) is 22.8 Å². The second-order valence-corrected chi connectivity index (χ2v) is 8.97. The number of fused-ring (bicyclic) bond motifs is 1. The quantitative estimate of drug-likeness (QED) is 0.413. The Kier molecular flexibility index (Phi) is 5.01. The van der Waals surface area contributed by atoms with Gasteiger partial charge in [0, 0.05) is 12.3 Å². The largest absolute Gasteiger partial charge is 0.456 e. The summed E-state index contributed by atoms with van der Waals surface area (Å²) >= 11 is 0. The summed E-state index contributed by atoms with van der Waals surface area (Å²) in [5.41, 5.74) is -0.0998. The fourth-order valence-corrected chi connectivity index (χ4v) is 4.22. The van der Waals surface area contributed by atoms with Crippen molar-refractivity contribution < 1.29 is 26.3 Å². The molecule has 0 aliphatic carbocycles. The predicted molar refractivity (Wildman–Crippen MR) is 110 cm³/mol. The number of nitrogens with zero attached hydrogens (tertiary/aromatic N) is 2. The van der Waals surface area contributed by atoms with Gasteiger partial charge in [-0.2, -0.15) is 13.2 Å². The van der Waals surface area contributed by atoms with Gasteiger partial charge in [-0.05, 0) is 43.3 Å². The third kappa shape index (κ3) is 4.00. The van der Waals surface area contributed by atoms with E-state index in [1.54, 1.807) is 54.0 Å². The summed E-state index contributed by atoms with van der Waals surface area (Å²) in [6.45, 7) is 1.62. The molecule has 1 aromatic heterocycles. The molecule has 1 heterocycles. The van der Waals surface area contributed by atoms with Crippen molar-refractivity contribution >= 4 is 20.9 Å². The number of aryl methyl sites for hydroxylation is 1. The molecule has 0 saturated heterocycles. The van der Waals surface area contributed by atoms with Crippen LogP contribution in [0.15, 0.2) is 71.6 Å². The molecule has 0 fully saturated rings. The Morgan fingerprint density at radius 1 is 0.968 bits per heavy atom. The molecular formula is C22H17F3N2O3S. The number of ether oxygens (including phenoxy) is 1. The minimum atomic E-state index is -4.52. The van der Waals surface area contributed by atoms with Crippen molar-refractivity contribution in [2.45, 2.75) is 18.0 Å². The van der Waals surface area contributed by atoms with E-state index in [1.165, 1.54) is 18.2 Å². The monoisotopic (exact) mass is 446 g/mol. The van der Waals surface area contributed by atoms with Gasteiger partial charge in [0.25, 0.3) is 0 Å². The first-order valence-electron chi connectivity index (χ1n) is 9.18. The van der Waals surface area contributed by atoms with Gasteiger partial charge < -0.3 is 4.74 Å². The van der Waals surface area contributed by atoms with E-state index in [9.17, 15) is 21.6 Å². The minimum Gasteiger partial charge on any atom is -0.456 e. The lowest BCUT2D eigenvalue weighted by Gasteiger charge is -2.13. The first kappa shape index (κ1) is 20.9. The van der Waals surface area contributed by atoms with E-state index in [-0.39, 0.29) is 16.2 Å². The van der Waals surface area contributed by atoms with Crippen LogP contribution in [-0.2, 0) is 16.0 Å². The molecule has 0 aliphatic heterocycles. The number of halogens is 3. The van der Waals surface area contributed by atoms with Crippen LogP contribution in [0.5, 0.6) is 11.5 Å². The molecule has 9 heteroatoms. The van der Waals surface area contributed by atoms with Crippen LogP contribution in [0.3, 0.4) is 0 Å². The predicted octanol–water partition coefficient (Wildman–Crippen LogP) is 5.55. The third-order valence-corrected chi connectivity index (χ3v) is 5.85. The molecule has 0 unspecified atom stereocenters. The van der Waals surface area contributed by atoms with Crippen molar-refractivity contribution in [1.29, 1.82) is 0 Å². The topological polar surface area (TPSA) is 61.2 Å². The van der Waals surface area contributed by atoms with Gasteiger partial charge in [0.15, 0.2) is 9.84 Å². The van der Waals surface area contributed by atoms with E-state index < -0.39 is 21.6 Å². The lowest BCUT2D eigenvalue weighted by atomic mass is 10.1. The van der Waals surface area contributed by atoms with Gasteiger partial charge in [-0.3, -0.25) is 4.57 Å². The Bertz CT molecular complexity index is 1390. The standard InChI is InChI=1S/C22H17F3N2O3S/c1-14-26-21-17(22(23,24)25)9-6-10-18(21)27(14)15-7-5-8-16(13-15)30-19-11-3-4-12-20(19)31(2,28)29/h3-13H,1-2H3. The molecule has 31 heavy (non-hydrogen) atoms. The highest BCUT2D eigenvalue weighted by Crippen LogP contribution is 2.36. The van der Waals surface area contributed by atoms with Gasteiger partial charge in [0.1, 0.15) is 27.7 Å². The molecule has 0 saturated carbocycles. The molecule has 3 aromatic carbocycles. The molecule has 0 atom stereocenters. The van der Waals surface area contributed by atoms with Crippen LogP contribution >= 0.6 is 0 Å². The number of benzene rings is 3. The molecule has 160 valence electrons. The SMILES string of the molecule is Cc1nc2c(C(F)(F)F)cccc2n1-c1cccc(Oc2ccccc2S(C)(=O)=O)c1. The second-order valence-electron chi connectivity index (χ2n) is 6.98. The van der Waals surface area contributed by atoms with Gasteiger partial charge in [0.05, 0.1) is 16.8 Å². The van der Waals surface area contributed by atoms with E-state index in [0.717, 1.165) is 12.3 Å². The zero-order valence-electron chi connectivity index (χ0n) is 16.5. The van der Waals surface area contributed by atoms with Crippen LogP contribution < -0.4 is 4.74 Å². The summed E-state index contributed by atoms with van der Waals surface area (Å²) in [5.74, 6) is 0.871. The second kappa shape index (κ2) is 7.42. The van der Waals surface area contributed by atoms with Crippen LogP contribution in [0.2, 0.25) is 0 Å². The average molecular weight is 446 g/mol. The number of hydrogen-bond donors (Lipinski definition) is 0. The molecule has 0 amide bonds. The highest BCUT2D eigenvalue weighted by molar-refractivity contribution is 7.90. The Labute approximate surface area is 176 Å². The smallest absolute Gasteiger partial charge is 0.418 e. The number of hydrogen-bond acceptors (Lipinski definition) is 4. The Balaban J connectivity index is 1.81. The molecule has 0 radical (unpaired) electrons. The number of alkyl halides is 3. The molecule has 0 aliphatic rings. The maximum Gasteiger partial charge on any atom is 0.418 e. The first-order valence-corrected chi connectivity index (χ1v) is 11.1. The van der Waals surface area contributed by atoms with Crippen molar-refractivity contribution in [2.75, 3.05) is 6.26 Å². The summed E-state index contributed by atoms with van der Waals surface area (Å²) in [4.78, 5) is 4.18. The lowest BCUT2D eigenvalue weighted by Crippen LogP contribution is -2.05. The van der Waals surface area contributed by atoms with Gasteiger partial charge in [-0.15, -0.1) is 0 Å². The summed E-state index contributed by atoms with van der Waals surface area (Å²) in [7, 11) is -3.51. The molecule has 0 spiro atoms. The summed E-state index contributed by atoms with van der Waals surface area (Å²) < 4.78 is 71.6. The molecular weight excluding hydrogens is 429 g/mol. The van der Waals surface area contributed by atoms with E-state index in [4.69, 9.17) is 4.74 Å². The molecule has 5 nitrogen and oxygen atoms in total. The van der Waals surface area contributed by atoms with Crippen LogP contribution in [0.4, 0.5) is 13.2 Å². The zero-order valence-corrected chi connectivity index (χ0v) is 17.3. The fraction of sp³-hybridized carbons (Fsp3) is 0.136. The van der Waals surface area contributed by atoms with E-state index in [1.807, 2.05) is 0 Å². The van der Waals surface area contributed by atoms with Gasteiger partial charge in [0.2, 0.25) is 0 Å². The van der Waals surface area contributed by atoms with Crippen molar-refractivity contribution in [1.82, 2.24) is 9.55 Å². The Morgan fingerprint density at radius 3 is 2.39 bits per heavy atom. The highest BCUT2D eigenvalue weighted by Gasteiger charge is 2.34. The van der Waals surface area contributed by atoms with Crippen molar-refractivity contribution in [3.05, 3.63) is 78.1 Å². The van der Waals surface area contributed by atoms with Crippen molar-refractivity contribution in [3.63, 3.8) is 0 Å². The normalized spacial score (nSPS) is 12.3. The maximum atomic E-state index is 13.4. The van der Waals surface area contributed by atoms with Crippen LogP contribution in [-0.4, -0.2) is 24.2 Å². The molecule has 4 rings (SSSR count). The molecule has 0 N–H and O–H groups in total. The summed E-state index contributed by atoms with van der Waals surface area (Å²) in [6, 6.07) is 16.8. The first-order chi connectivity index (χ1) is 14.6. The van der Waals surface area contributed by atoms with Gasteiger partial charge >= 0.3 is 6.18 Å². The average Bonchev–Trinajstić information content (AvgIpc) is 3.02. The zero-order chi connectivity index (χ0) is 22.4. The van der Waals surface area contributed by atoms with Crippen LogP contribution in [0.25, 0.3) is 16.7 Å².